The standard InChI is InChI=1S/C24H29FN4O4S/c1-14-20-22(27-13-28-24(20)34-21(14)23(31)26-9-10-32-2)29-17-8-7-16(25)11-19(17)33-12-15-5-3-4-6-18(15)30/h7-8,11,13,15,18,30H,3-6,9-10,12H2,1-2H3,(H,26,31)(H,27,28,29)/t15?,18-/m1/s1. The van der Waals surface area contributed by atoms with Crippen molar-refractivity contribution in [2.45, 2.75) is 38.7 Å². The van der Waals surface area contributed by atoms with Gasteiger partial charge in [-0.05, 0) is 37.5 Å². The number of ether oxygens (including phenoxy) is 2. The van der Waals surface area contributed by atoms with Gasteiger partial charge in [-0.2, -0.15) is 0 Å². The second-order valence-electron chi connectivity index (χ2n) is 8.40. The Kier molecular flexibility index (Phi) is 7.91. The number of rotatable bonds is 9. The van der Waals surface area contributed by atoms with Crippen LogP contribution >= 0.6 is 11.3 Å². The summed E-state index contributed by atoms with van der Waals surface area (Å²) in [7, 11) is 1.58. The van der Waals surface area contributed by atoms with E-state index >= 15 is 0 Å². The van der Waals surface area contributed by atoms with E-state index in [9.17, 15) is 14.3 Å². The predicted molar refractivity (Wildman–Crippen MR) is 130 cm³/mol. The molecular weight excluding hydrogens is 459 g/mol. The van der Waals surface area contributed by atoms with Crippen LogP contribution in [-0.4, -0.2) is 54.0 Å². The van der Waals surface area contributed by atoms with Crippen molar-refractivity contribution in [3.8, 4) is 5.75 Å². The highest BCUT2D eigenvalue weighted by Gasteiger charge is 2.24. The molecule has 1 aromatic carbocycles. The number of fused-ring (bicyclic) bond motifs is 1. The lowest BCUT2D eigenvalue weighted by molar-refractivity contribution is 0.0423. The molecule has 1 saturated carbocycles. The first kappa shape index (κ1) is 24.3. The highest BCUT2D eigenvalue weighted by Crippen LogP contribution is 2.37. The minimum absolute atomic E-state index is 0.0221. The number of hydrogen-bond donors (Lipinski definition) is 3. The number of nitrogens with one attached hydrogen (secondary N) is 2. The molecule has 4 rings (SSSR count). The van der Waals surface area contributed by atoms with Gasteiger partial charge in [0.05, 0.1) is 35.3 Å². The molecular formula is C24H29FN4O4S. The lowest BCUT2D eigenvalue weighted by Gasteiger charge is -2.27. The number of nitrogens with zero attached hydrogens (tertiary/aromatic N) is 2. The molecule has 1 fully saturated rings. The summed E-state index contributed by atoms with van der Waals surface area (Å²) in [6.45, 7) is 2.99. The SMILES string of the molecule is COCCNC(=O)c1sc2ncnc(Nc3ccc(F)cc3OCC3CCCC[C@H]3O)c2c1C. The third-order valence-corrected chi connectivity index (χ3v) is 7.24. The number of aryl methyl sites for hydroxylation is 1. The van der Waals surface area contributed by atoms with Crippen molar-refractivity contribution >= 4 is 39.0 Å². The molecule has 10 heteroatoms. The van der Waals surface area contributed by atoms with E-state index in [2.05, 4.69) is 20.6 Å². The molecule has 34 heavy (non-hydrogen) atoms. The van der Waals surface area contributed by atoms with Crippen LogP contribution in [0.5, 0.6) is 5.75 Å². The fourth-order valence-electron chi connectivity index (χ4n) is 4.16. The lowest BCUT2D eigenvalue weighted by atomic mass is 9.87. The highest BCUT2D eigenvalue weighted by molar-refractivity contribution is 7.20. The normalized spacial score (nSPS) is 18.1. The Morgan fingerprint density at radius 2 is 2.12 bits per heavy atom. The first-order chi connectivity index (χ1) is 16.5. The Morgan fingerprint density at radius 1 is 1.29 bits per heavy atom. The number of benzene rings is 1. The first-order valence-corrected chi connectivity index (χ1v) is 12.2. The summed E-state index contributed by atoms with van der Waals surface area (Å²) in [5, 5.41) is 17.0. The maximum atomic E-state index is 14.0. The van der Waals surface area contributed by atoms with Gasteiger partial charge in [0.2, 0.25) is 0 Å². The van der Waals surface area contributed by atoms with Crippen LogP contribution in [0.3, 0.4) is 0 Å². The molecule has 0 radical (unpaired) electrons. The molecule has 0 aliphatic heterocycles. The molecule has 2 heterocycles. The van der Waals surface area contributed by atoms with E-state index in [1.54, 1.807) is 13.2 Å². The zero-order chi connectivity index (χ0) is 24.1. The minimum Gasteiger partial charge on any atom is -0.491 e. The first-order valence-electron chi connectivity index (χ1n) is 11.4. The monoisotopic (exact) mass is 488 g/mol. The van der Waals surface area contributed by atoms with Crippen LogP contribution in [0.4, 0.5) is 15.9 Å². The minimum atomic E-state index is -0.417. The Balaban J connectivity index is 1.58. The molecule has 0 spiro atoms. The molecule has 3 aromatic rings. The Bertz CT molecular complexity index is 1160. The maximum Gasteiger partial charge on any atom is 0.261 e. The van der Waals surface area contributed by atoms with Gasteiger partial charge in [-0.1, -0.05) is 12.8 Å². The molecule has 2 atom stereocenters. The lowest BCUT2D eigenvalue weighted by Crippen LogP contribution is -2.29. The number of aliphatic hydroxyl groups is 1. The van der Waals surface area contributed by atoms with Gasteiger partial charge >= 0.3 is 0 Å². The number of thiophene rings is 1. The molecule has 3 N–H and O–H groups in total. The third kappa shape index (κ3) is 5.45. The summed E-state index contributed by atoms with van der Waals surface area (Å²) in [5.74, 6) is 0.257. The van der Waals surface area contributed by atoms with E-state index in [-0.39, 0.29) is 11.8 Å². The summed E-state index contributed by atoms with van der Waals surface area (Å²) in [6.07, 6.45) is 4.74. The number of amides is 1. The van der Waals surface area contributed by atoms with Crippen LogP contribution in [0.2, 0.25) is 0 Å². The number of hydrogen-bond acceptors (Lipinski definition) is 8. The van der Waals surface area contributed by atoms with Crippen LogP contribution in [0, 0.1) is 18.7 Å². The molecule has 1 amide bonds. The number of aliphatic hydroxyl groups excluding tert-OH is 1. The molecule has 0 bridgehead atoms. The van der Waals surface area contributed by atoms with Crippen molar-refractivity contribution in [2.75, 3.05) is 32.2 Å². The van der Waals surface area contributed by atoms with Gasteiger partial charge in [0.15, 0.2) is 0 Å². The summed E-state index contributed by atoms with van der Waals surface area (Å²) in [6, 6.07) is 4.26. The zero-order valence-electron chi connectivity index (χ0n) is 19.3. The third-order valence-electron chi connectivity index (χ3n) is 6.04. The predicted octanol–water partition coefficient (Wildman–Crippen LogP) is 4.19. The van der Waals surface area contributed by atoms with Gasteiger partial charge in [0, 0.05) is 25.6 Å². The summed E-state index contributed by atoms with van der Waals surface area (Å²) >= 11 is 1.29. The van der Waals surface area contributed by atoms with Gasteiger partial charge in [0.25, 0.3) is 5.91 Å². The zero-order valence-corrected chi connectivity index (χ0v) is 20.1. The molecule has 0 saturated heterocycles. The number of carbonyl (C=O) groups is 1. The van der Waals surface area contributed by atoms with Crippen LogP contribution < -0.4 is 15.4 Å². The van der Waals surface area contributed by atoms with Gasteiger partial charge in [-0.3, -0.25) is 4.79 Å². The van der Waals surface area contributed by atoms with Gasteiger partial charge < -0.3 is 25.2 Å². The van der Waals surface area contributed by atoms with Crippen molar-refractivity contribution in [2.24, 2.45) is 5.92 Å². The van der Waals surface area contributed by atoms with E-state index in [0.29, 0.717) is 46.7 Å². The number of methoxy groups -OCH3 is 1. The highest BCUT2D eigenvalue weighted by atomic mass is 32.1. The largest absolute Gasteiger partial charge is 0.491 e. The number of halogens is 1. The van der Waals surface area contributed by atoms with Crippen molar-refractivity contribution in [1.82, 2.24) is 15.3 Å². The second-order valence-corrected chi connectivity index (χ2v) is 9.39. The van der Waals surface area contributed by atoms with Crippen LogP contribution in [0.1, 0.15) is 40.9 Å². The average molecular weight is 489 g/mol. The second kappa shape index (κ2) is 11.1. The van der Waals surface area contributed by atoms with Gasteiger partial charge in [-0.25, -0.2) is 14.4 Å². The topological polar surface area (TPSA) is 106 Å². The van der Waals surface area contributed by atoms with Gasteiger partial charge in [0.1, 0.15) is 28.5 Å². The fraction of sp³-hybridized carbons (Fsp3) is 0.458. The molecule has 1 aliphatic rings. The number of aromatic nitrogens is 2. The van der Waals surface area contributed by atoms with E-state index in [0.717, 1.165) is 36.6 Å². The molecule has 1 unspecified atom stereocenters. The van der Waals surface area contributed by atoms with Crippen LogP contribution in [-0.2, 0) is 4.74 Å². The van der Waals surface area contributed by atoms with E-state index in [1.807, 2.05) is 6.92 Å². The quantitative estimate of drug-likeness (QED) is 0.388. The Labute approximate surface area is 201 Å². The van der Waals surface area contributed by atoms with Gasteiger partial charge in [-0.15, -0.1) is 11.3 Å². The fourth-order valence-corrected chi connectivity index (χ4v) is 5.22. The van der Waals surface area contributed by atoms with Crippen LogP contribution in [0.15, 0.2) is 24.5 Å². The molecule has 1 aliphatic carbocycles. The molecule has 2 aromatic heterocycles. The van der Waals surface area contributed by atoms with Crippen molar-refractivity contribution in [3.63, 3.8) is 0 Å². The maximum absolute atomic E-state index is 14.0. The van der Waals surface area contributed by atoms with E-state index < -0.39 is 11.9 Å². The van der Waals surface area contributed by atoms with Crippen LogP contribution in [0.25, 0.3) is 10.2 Å². The summed E-state index contributed by atoms with van der Waals surface area (Å²) in [5.41, 5.74) is 1.30. The van der Waals surface area contributed by atoms with E-state index in [1.165, 1.54) is 29.8 Å². The number of anilines is 2. The van der Waals surface area contributed by atoms with Crippen molar-refractivity contribution < 1.29 is 23.8 Å². The van der Waals surface area contributed by atoms with Crippen molar-refractivity contribution in [3.05, 3.63) is 40.8 Å². The Hall–Kier alpha value is -2.82. The Morgan fingerprint density at radius 3 is 2.91 bits per heavy atom. The molecule has 8 nitrogen and oxygen atoms in total. The smallest absolute Gasteiger partial charge is 0.261 e. The molecule has 182 valence electrons. The summed E-state index contributed by atoms with van der Waals surface area (Å²) in [4.78, 5) is 22.6. The summed E-state index contributed by atoms with van der Waals surface area (Å²) < 4.78 is 25.0. The number of carbonyl (C=O) groups excluding carboxylic acids is 1. The van der Waals surface area contributed by atoms with E-state index in [4.69, 9.17) is 9.47 Å². The van der Waals surface area contributed by atoms with Crippen molar-refractivity contribution in [1.29, 1.82) is 0 Å². The average Bonchev–Trinajstić information content (AvgIpc) is 3.17.